The van der Waals surface area contributed by atoms with E-state index in [-0.39, 0.29) is 17.2 Å². The molecule has 0 aliphatic rings. The molecule has 2 aromatic rings. The van der Waals surface area contributed by atoms with Crippen LogP contribution in [0, 0.1) is 5.92 Å². The zero-order valence-corrected chi connectivity index (χ0v) is 16.8. The predicted octanol–water partition coefficient (Wildman–Crippen LogP) is 4.96. The summed E-state index contributed by atoms with van der Waals surface area (Å²) in [7, 11) is -3.67. The molecule has 0 radical (unpaired) electrons. The Balaban J connectivity index is 2.09. The van der Waals surface area contributed by atoms with Crippen LogP contribution < -0.4 is 4.72 Å². The largest absolute Gasteiger partial charge is 0.481 e. The van der Waals surface area contributed by atoms with E-state index in [2.05, 4.69) is 11.6 Å². The molecule has 1 unspecified atom stereocenters. The smallest absolute Gasteiger partial charge is 0.303 e. The quantitative estimate of drug-likeness (QED) is 0.543. The average molecular weight is 410 g/mol. The van der Waals surface area contributed by atoms with Crippen LogP contribution in [0.2, 0.25) is 5.02 Å². The Kier molecular flexibility index (Phi) is 7.68. The van der Waals surface area contributed by atoms with E-state index in [9.17, 15) is 13.2 Å². The standard InChI is InChI=1S/C20H24ClNO4S/c1-15(7-5-6-10-20(23)24)13-16-14-17(21)11-12-19(16)22-27(25,26)18-8-3-2-4-9-18/h2-4,8-9,11-12,14-15,22H,5-7,10,13H2,1H3,(H,23,24). The van der Waals surface area contributed by atoms with Crippen LogP contribution in [0.25, 0.3) is 0 Å². The van der Waals surface area contributed by atoms with Crippen molar-refractivity contribution in [2.24, 2.45) is 5.92 Å². The average Bonchev–Trinajstić information content (AvgIpc) is 2.61. The second-order valence-corrected chi connectivity index (χ2v) is 8.79. The Labute approximate surface area is 165 Å². The normalized spacial score (nSPS) is 12.5. The molecule has 7 heteroatoms. The molecule has 0 aliphatic carbocycles. The van der Waals surface area contributed by atoms with Gasteiger partial charge in [-0.2, -0.15) is 0 Å². The minimum absolute atomic E-state index is 0.173. The lowest BCUT2D eigenvalue weighted by molar-refractivity contribution is -0.137. The van der Waals surface area contributed by atoms with Crippen molar-refractivity contribution in [2.45, 2.75) is 43.9 Å². The highest BCUT2D eigenvalue weighted by molar-refractivity contribution is 7.92. The van der Waals surface area contributed by atoms with E-state index in [1.54, 1.807) is 48.5 Å². The molecular formula is C20H24ClNO4S. The molecule has 2 aromatic carbocycles. The molecule has 27 heavy (non-hydrogen) atoms. The summed E-state index contributed by atoms with van der Waals surface area (Å²) in [5.74, 6) is -0.507. The fraction of sp³-hybridized carbons (Fsp3) is 0.350. The summed E-state index contributed by atoms with van der Waals surface area (Å²) < 4.78 is 27.9. The minimum atomic E-state index is -3.67. The number of unbranched alkanes of at least 4 members (excludes halogenated alkanes) is 1. The molecule has 0 aromatic heterocycles. The molecule has 146 valence electrons. The molecule has 0 spiro atoms. The van der Waals surface area contributed by atoms with Crippen LogP contribution in [0.1, 0.15) is 38.2 Å². The van der Waals surface area contributed by atoms with Crippen molar-refractivity contribution in [1.82, 2.24) is 0 Å². The number of carbonyl (C=O) groups is 1. The molecule has 5 nitrogen and oxygen atoms in total. The van der Waals surface area contributed by atoms with Gasteiger partial charge in [-0.3, -0.25) is 9.52 Å². The van der Waals surface area contributed by atoms with Crippen molar-refractivity contribution in [3.63, 3.8) is 0 Å². The molecule has 0 saturated carbocycles. The maximum absolute atomic E-state index is 12.6. The fourth-order valence-electron chi connectivity index (χ4n) is 2.88. The Hall–Kier alpha value is -2.05. The molecule has 1 atom stereocenters. The van der Waals surface area contributed by atoms with E-state index in [0.717, 1.165) is 18.4 Å². The SMILES string of the molecule is CC(CCCCC(=O)O)Cc1cc(Cl)ccc1NS(=O)(=O)c1ccccc1. The molecular weight excluding hydrogens is 386 g/mol. The number of benzene rings is 2. The molecule has 0 bridgehead atoms. The first-order valence-corrected chi connectivity index (χ1v) is 10.7. The van der Waals surface area contributed by atoms with Gasteiger partial charge >= 0.3 is 5.97 Å². The Morgan fingerprint density at radius 1 is 1.15 bits per heavy atom. The van der Waals surface area contributed by atoms with Gasteiger partial charge in [-0.05, 0) is 54.7 Å². The van der Waals surface area contributed by atoms with Gasteiger partial charge in [-0.15, -0.1) is 0 Å². The number of hydrogen-bond donors (Lipinski definition) is 2. The third-order valence-corrected chi connectivity index (χ3v) is 5.89. The first-order valence-electron chi connectivity index (χ1n) is 8.86. The van der Waals surface area contributed by atoms with Gasteiger partial charge in [-0.25, -0.2) is 8.42 Å². The van der Waals surface area contributed by atoms with Crippen molar-refractivity contribution in [3.8, 4) is 0 Å². The van der Waals surface area contributed by atoms with Crippen molar-refractivity contribution in [2.75, 3.05) is 4.72 Å². The highest BCUT2D eigenvalue weighted by atomic mass is 35.5. The summed E-state index contributed by atoms with van der Waals surface area (Å²) in [6, 6.07) is 13.3. The number of halogens is 1. The molecule has 2 rings (SSSR count). The molecule has 0 aliphatic heterocycles. The third kappa shape index (κ3) is 6.88. The summed E-state index contributed by atoms with van der Waals surface area (Å²) >= 11 is 6.11. The monoisotopic (exact) mass is 409 g/mol. The van der Waals surface area contributed by atoms with Gasteiger partial charge in [0.05, 0.1) is 10.6 Å². The van der Waals surface area contributed by atoms with Crippen LogP contribution in [0.4, 0.5) is 5.69 Å². The first-order chi connectivity index (χ1) is 12.8. The van der Waals surface area contributed by atoms with E-state index in [1.807, 2.05) is 0 Å². The molecule has 2 N–H and O–H groups in total. The predicted molar refractivity (Wildman–Crippen MR) is 108 cm³/mol. The Morgan fingerprint density at radius 2 is 1.85 bits per heavy atom. The number of rotatable bonds is 10. The van der Waals surface area contributed by atoms with Crippen LogP contribution in [-0.2, 0) is 21.2 Å². The summed E-state index contributed by atoms with van der Waals surface area (Å²) in [6.45, 7) is 2.07. The van der Waals surface area contributed by atoms with Crippen LogP contribution >= 0.6 is 11.6 Å². The highest BCUT2D eigenvalue weighted by Crippen LogP contribution is 2.27. The van der Waals surface area contributed by atoms with E-state index >= 15 is 0 Å². The number of anilines is 1. The van der Waals surface area contributed by atoms with Crippen molar-refractivity contribution >= 4 is 33.3 Å². The summed E-state index contributed by atoms with van der Waals surface area (Å²) in [5.41, 5.74) is 1.34. The third-order valence-electron chi connectivity index (χ3n) is 4.27. The van der Waals surface area contributed by atoms with Gasteiger partial charge in [0, 0.05) is 11.4 Å². The lowest BCUT2D eigenvalue weighted by Gasteiger charge is -2.16. The van der Waals surface area contributed by atoms with Gasteiger partial charge in [0.1, 0.15) is 0 Å². The number of hydrogen-bond acceptors (Lipinski definition) is 3. The van der Waals surface area contributed by atoms with Gasteiger partial charge in [0.15, 0.2) is 0 Å². The first kappa shape index (κ1) is 21.3. The zero-order valence-electron chi connectivity index (χ0n) is 15.2. The fourth-order valence-corrected chi connectivity index (χ4v) is 4.20. The number of sulfonamides is 1. The number of nitrogens with one attached hydrogen (secondary N) is 1. The van der Waals surface area contributed by atoms with Crippen molar-refractivity contribution in [3.05, 3.63) is 59.1 Å². The van der Waals surface area contributed by atoms with Crippen LogP contribution in [0.15, 0.2) is 53.4 Å². The second kappa shape index (κ2) is 9.76. The molecule has 0 fully saturated rings. The Bertz CT molecular complexity index is 869. The highest BCUT2D eigenvalue weighted by Gasteiger charge is 2.17. The van der Waals surface area contributed by atoms with E-state index in [1.165, 1.54) is 0 Å². The van der Waals surface area contributed by atoms with Gasteiger partial charge in [0.25, 0.3) is 10.0 Å². The molecule has 0 heterocycles. The minimum Gasteiger partial charge on any atom is -0.481 e. The van der Waals surface area contributed by atoms with Crippen LogP contribution in [0.3, 0.4) is 0 Å². The van der Waals surface area contributed by atoms with Crippen LogP contribution in [0.5, 0.6) is 0 Å². The maximum atomic E-state index is 12.6. The Morgan fingerprint density at radius 3 is 2.52 bits per heavy atom. The number of carboxylic acid groups (broad SMARTS) is 1. The van der Waals surface area contributed by atoms with Gasteiger partial charge < -0.3 is 5.11 Å². The topological polar surface area (TPSA) is 83.5 Å². The van der Waals surface area contributed by atoms with E-state index in [4.69, 9.17) is 16.7 Å². The number of carboxylic acids is 1. The van der Waals surface area contributed by atoms with Gasteiger partial charge in [-0.1, -0.05) is 49.6 Å². The van der Waals surface area contributed by atoms with Crippen LogP contribution in [-0.4, -0.2) is 19.5 Å². The van der Waals surface area contributed by atoms with Gasteiger partial charge in [0.2, 0.25) is 0 Å². The molecule has 0 amide bonds. The second-order valence-electron chi connectivity index (χ2n) is 6.67. The summed E-state index contributed by atoms with van der Waals surface area (Å²) in [6.07, 6.45) is 3.15. The number of aliphatic carboxylic acids is 1. The molecule has 0 saturated heterocycles. The van der Waals surface area contributed by atoms with Crippen molar-refractivity contribution in [1.29, 1.82) is 0 Å². The summed E-state index contributed by atoms with van der Waals surface area (Å²) in [4.78, 5) is 10.8. The van der Waals surface area contributed by atoms with E-state index in [0.29, 0.717) is 23.6 Å². The van der Waals surface area contributed by atoms with E-state index < -0.39 is 16.0 Å². The zero-order chi connectivity index (χ0) is 19.9. The maximum Gasteiger partial charge on any atom is 0.303 e. The summed E-state index contributed by atoms with van der Waals surface area (Å²) in [5, 5.41) is 9.25. The lowest BCUT2D eigenvalue weighted by Crippen LogP contribution is -2.15. The lowest BCUT2D eigenvalue weighted by atomic mass is 9.94. The van der Waals surface area contributed by atoms with Crippen molar-refractivity contribution < 1.29 is 18.3 Å².